The zero-order valence-corrected chi connectivity index (χ0v) is 14.2. The number of nitrogens with zero attached hydrogens (tertiary/aromatic N) is 1. The van der Waals surface area contributed by atoms with Gasteiger partial charge in [0.1, 0.15) is 0 Å². The standard InChI is InChI=1S/C13H14Br2N2S/c1-3-16-12(9-5-4-8(2)17-7-9)11-6-10(14)13(15)18-11/h4-7,12,16H,3H2,1-2H3. The third-order valence-electron chi connectivity index (χ3n) is 2.62. The zero-order valence-electron chi connectivity index (χ0n) is 10.2. The summed E-state index contributed by atoms with van der Waals surface area (Å²) < 4.78 is 2.23. The summed E-state index contributed by atoms with van der Waals surface area (Å²) in [6.45, 7) is 5.04. The SMILES string of the molecule is CCNC(c1ccc(C)nc1)c1cc(Br)c(Br)s1. The molecule has 2 nitrogen and oxygen atoms in total. The molecule has 1 N–H and O–H groups in total. The highest BCUT2D eigenvalue weighted by Gasteiger charge is 2.17. The van der Waals surface area contributed by atoms with Crippen LogP contribution in [0, 0.1) is 6.92 Å². The molecule has 0 saturated carbocycles. The molecule has 2 aromatic heterocycles. The number of hydrogen-bond acceptors (Lipinski definition) is 3. The van der Waals surface area contributed by atoms with Crippen molar-refractivity contribution in [3.63, 3.8) is 0 Å². The van der Waals surface area contributed by atoms with Gasteiger partial charge in [-0.05, 0) is 63.0 Å². The van der Waals surface area contributed by atoms with Crippen LogP contribution >= 0.6 is 43.2 Å². The predicted octanol–water partition coefficient (Wildman–Crippen LogP) is 4.68. The lowest BCUT2D eigenvalue weighted by Gasteiger charge is -2.16. The smallest absolute Gasteiger partial charge is 0.0843 e. The summed E-state index contributed by atoms with van der Waals surface area (Å²) in [5.74, 6) is 0. The summed E-state index contributed by atoms with van der Waals surface area (Å²) in [6.07, 6.45) is 1.95. The summed E-state index contributed by atoms with van der Waals surface area (Å²) in [6, 6.07) is 6.55. The van der Waals surface area contributed by atoms with E-state index in [-0.39, 0.29) is 6.04 Å². The number of thiophene rings is 1. The second-order valence-corrected chi connectivity index (χ2v) is 7.25. The first-order chi connectivity index (χ1) is 8.61. The average molecular weight is 390 g/mol. The first-order valence-corrected chi connectivity index (χ1v) is 8.12. The van der Waals surface area contributed by atoms with Gasteiger partial charge >= 0.3 is 0 Å². The molecule has 0 aromatic carbocycles. The van der Waals surface area contributed by atoms with Crippen LogP contribution in [0.25, 0.3) is 0 Å². The molecule has 2 rings (SSSR count). The van der Waals surface area contributed by atoms with Crippen LogP contribution in [0.3, 0.4) is 0 Å². The summed E-state index contributed by atoms with van der Waals surface area (Å²) in [4.78, 5) is 5.66. The average Bonchev–Trinajstić information content (AvgIpc) is 2.68. The van der Waals surface area contributed by atoms with Gasteiger partial charge in [-0.25, -0.2) is 0 Å². The minimum absolute atomic E-state index is 0.204. The highest BCUT2D eigenvalue weighted by Crippen LogP contribution is 2.37. The van der Waals surface area contributed by atoms with E-state index < -0.39 is 0 Å². The van der Waals surface area contributed by atoms with Crippen LogP contribution in [-0.4, -0.2) is 11.5 Å². The van der Waals surface area contributed by atoms with Crippen molar-refractivity contribution in [1.29, 1.82) is 0 Å². The number of aromatic nitrogens is 1. The maximum absolute atomic E-state index is 4.38. The minimum atomic E-state index is 0.204. The highest BCUT2D eigenvalue weighted by molar-refractivity contribution is 9.13. The Kier molecular flexibility index (Phi) is 4.95. The first-order valence-electron chi connectivity index (χ1n) is 5.72. The fraction of sp³-hybridized carbons (Fsp3) is 0.308. The third-order valence-corrected chi connectivity index (χ3v) is 5.95. The molecule has 2 aromatic rings. The Morgan fingerprint density at radius 3 is 2.67 bits per heavy atom. The molecule has 1 unspecified atom stereocenters. The Morgan fingerprint density at radius 1 is 1.39 bits per heavy atom. The normalized spacial score (nSPS) is 12.7. The number of aryl methyl sites for hydroxylation is 1. The second kappa shape index (κ2) is 6.28. The van der Waals surface area contributed by atoms with E-state index in [4.69, 9.17) is 0 Å². The summed E-state index contributed by atoms with van der Waals surface area (Å²) in [5, 5.41) is 3.50. The zero-order chi connectivity index (χ0) is 13.1. The Bertz CT molecular complexity index is 503. The molecule has 0 bridgehead atoms. The van der Waals surface area contributed by atoms with Crippen LogP contribution in [0.2, 0.25) is 0 Å². The summed E-state index contributed by atoms with van der Waals surface area (Å²) >= 11 is 8.83. The van der Waals surface area contributed by atoms with Crippen LogP contribution < -0.4 is 5.32 Å². The van der Waals surface area contributed by atoms with Gasteiger partial charge in [0.05, 0.1) is 9.83 Å². The first kappa shape index (κ1) is 14.2. The molecule has 1 atom stereocenters. The van der Waals surface area contributed by atoms with Crippen molar-refractivity contribution < 1.29 is 0 Å². The fourth-order valence-corrected chi connectivity index (χ4v) is 3.94. The largest absolute Gasteiger partial charge is 0.306 e. The molecule has 0 aliphatic rings. The molecule has 0 amide bonds. The van der Waals surface area contributed by atoms with Crippen molar-refractivity contribution in [2.45, 2.75) is 19.9 Å². The van der Waals surface area contributed by atoms with Crippen molar-refractivity contribution >= 4 is 43.2 Å². The monoisotopic (exact) mass is 388 g/mol. The van der Waals surface area contributed by atoms with E-state index in [1.165, 1.54) is 10.4 Å². The second-order valence-electron chi connectivity index (χ2n) is 3.99. The van der Waals surface area contributed by atoms with Crippen LogP contribution in [-0.2, 0) is 0 Å². The van der Waals surface area contributed by atoms with Gasteiger partial charge in [0, 0.05) is 21.2 Å². The summed E-state index contributed by atoms with van der Waals surface area (Å²) in [5.41, 5.74) is 2.24. The topological polar surface area (TPSA) is 24.9 Å². The highest BCUT2D eigenvalue weighted by atomic mass is 79.9. The number of rotatable bonds is 4. The van der Waals surface area contributed by atoms with Gasteiger partial charge in [-0.15, -0.1) is 11.3 Å². The van der Waals surface area contributed by atoms with Gasteiger partial charge < -0.3 is 5.32 Å². The van der Waals surface area contributed by atoms with E-state index in [0.717, 1.165) is 20.5 Å². The van der Waals surface area contributed by atoms with Crippen molar-refractivity contribution in [3.05, 3.63) is 48.8 Å². The van der Waals surface area contributed by atoms with Crippen LogP contribution in [0.15, 0.2) is 32.7 Å². The Labute approximate surface area is 128 Å². The number of hydrogen-bond donors (Lipinski definition) is 1. The Morgan fingerprint density at radius 2 is 2.17 bits per heavy atom. The van der Waals surface area contributed by atoms with E-state index >= 15 is 0 Å². The minimum Gasteiger partial charge on any atom is -0.306 e. The molecule has 0 spiro atoms. The maximum Gasteiger partial charge on any atom is 0.0843 e. The van der Waals surface area contributed by atoms with Crippen molar-refractivity contribution in [2.24, 2.45) is 0 Å². The molecule has 2 heterocycles. The van der Waals surface area contributed by atoms with E-state index in [9.17, 15) is 0 Å². The van der Waals surface area contributed by atoms with E-state index in [1.807, 2.05) is 13.1 Å². The maximum atomic E-state index is 4.38. The molecule has 18 heavy (non-hydrogen) atoms. The molecule has 0 aliphatic heterocycles. The van der Waals surface area contributed by atoms with Gasteiger partial charge in [0.2, 0.25) is 0 Å². The lowest BCUT2D eigenvalue weighted by molar-refractivity contribution is 0.637. The molecule has 5 heteroatoms. The Hall–Kier alpha value is -0.230. The van der Waals surface area contributed by atoms with Gasteiger partial charge in [-0.3, -0.25) is 4.98 Å². The molecule has 0 aliphatic carbocycles. The van der Waals surface area contributed by atoms with E-state index in [1.54, 1.807) is 11.3 Å². The van der Waals surface area contributed by atoms with E-state index in [0.29, 0.717) is 0 Å². The van der Waals surface area contributed by atoms with Gasteiger partial charge in [-0.2, -0.15) is 0 Å². The molecule has 0 saturated heterocycles. The fourth-order valence-electron chi connectivity index (χ4n) is 1.74. The lowest BCUT2D eigenvalue weighted by Crippen LogP contribution is -2.21. The number of nitrogens with one attached hydrogen (secondary N) is 1. The quantitative estimate of drug-likeness (QED) is 0.821. The van der Waals surface area contributed by atoms with Gasteiger partial charge in [0.25, 0.3) is 0 Å². The molecule has 0 radical (unpaired) electrons. The van der Waals surface area contributed by atoms with Gasteiger partial charge in [0.15, 0.2) is 0 Å². The number of pyridine rings is 1. The van der Waals surface area contributed by atoms with Gasteiger partial charge in [-0.1, -0.05) is 13.0 Å². The van der Waals surface area contributed by atoms with Crippen LogP contribution in [0.5, 0.6) is 0 Å². The van der Waals surface area contributed by atoms with Crippen LogP contribution in [0.1, 0.15) is 29.1 Å². The molecular formula is C13H14Br2N2S. The molecular weight excluding hydrogens is 376 g/mol. The predicted molar refractivity (Wildman–Crippen MR) is 84.2 cm³/mol. The van der Waals surface area contributed by atoms with Crippen LogP contribution in [0.4, 0.5) is 0 Å². The summed E-state index contributed by atoms with van der Waals surface area (Å²) in [7, 11) is 0. The van der Waals surface area contributed by atoms with E-state index in [2.05, 4.69) is 67.3 Å². The Balaban J connectivity index is 2.36. The number of halogens is 2. The third kappa shape index (κ3) is 3.20. The van der Waals surface area contributed by atoms with Crippen molar-refractivity contribution in [2.75, 3.05) is 6.54 Å². The molecule has 0 fully saturated rings. The van der Waals surface area contributed by atoms with Crippen molar-refractivity contribution in [1.82, 2.24) is 10.3 Å². The van der Waals surface area contributed by atoms with Crippen molar-refractivity contribution in [3.8, 4) is 0 Å². The lowest BCUT2D eigenvalue weighted by atomic mass is 10.1. The molecule has 96 valence electrons.